The second-order valence-electron chi connectivity index (χ2n) is 8.30. The van der Waals surface area contributed by atoms with Gasteiger partial charge in [-0.15, -0.1) is 4.09 Å². The Hall–Kier alpha value is -3.05. The first-order chi connectivity index (χ1) is 15.8. The number of pyridine rings is 1. The van der Waals surface area contributed by atoms with Gasteiger partial charge in [0.15, 0.2) is 0 Å². The van der Waals surface area contributed by atoms with Gasteiger partial charge in [-0.05, 0) is 49.6 Å². The van der Waals surface area contributed by atoms with Crippen molar-refractivity contribution in [3.05, 3.63) is 66.0 Å². The fraction of sp³-hybridized carbons (Fsp3) is 0.364. The first-order valence-electron chi connectivity index (χ1n) is 10.7. The normalized spacial score (nSPS) is 21.2. The van der Waals surface area contributed by atoms with Gasteiger partial charge in [-0.1, -0.05) is 0 Å². The Morgan fingerprint density at radius 2 is 1.91 bits per heavy atom. The summed E-state index contributed by atoms with van der Waals surface area (Å²) in [4.78, 5) is 7.87. The molecule has 0 amide bonds. The first-order valence-corrected chi connectivity index (χ1v) is 12.2. The van der Waals surface area contributed by atoms with Gasteiger partial charge in [-0.3, -0.25) is 0 Å². The van der Waals surface area contributed by atoms with Crippen LogP contribution in [0.4, 0.5) is 20.4 Å². The number of hydrogen-bond donors (Lipinski definition) is 1. The Kier molecular flexibility index (Phi) is 5.53. The van der Waals surface area contributed by atoms with Gasteiger partial charge in [0.2, 0.25) is 0 Å². The smallest absolute Gasteiger partial charge is 0.286 e. The summed E-state index contributed by atoms with van der Waals surface area (Å²) in [5, 5.41) is 13.7. The SMILES string of the molecule is O=S(=O)(c1ccc(N2CC[C@H](O)C2)nc1)n1nccc1N1CCC[C@@H]1c1cc(F)ccc1F. The molecule has 2 aromatic heterocycles. The van der Waals surface area contributed by atoms with Crippen molar-refractivity contribution in [2.45, 2.75) is 36.3 Å². The molecular formula is C22H23F2N5O3S. The predicted octanol–water partition coefficient (Wildman–Crippen LogP) is 2.71. The highest BCUT2D eigenvalue weighted by molar-refractivity contribution is 7.90. The van der Waals surface area contributed by atoms with E-state index >= 15 is 0 Å². The van der Waals surface area contributed by atoms with Crippen LogP contribution in [0.2, 0.25) is 0 Å². The van der Waals surface area contributed by atoms with Crippen LogP contribution in [0, 0.1) is 11.6 Å². The molecule has 174 valence electrons. The van der Waals surface area contributed by atoms with E-state index in [1.54, 1.807) is 17.0 Å². The van der Waals surface area contributed by atoms with E-state index in [1.165, 1.54) is 18.5 Å². The molecule has 3 aromatic rings. The number of rotatable bonds is 5. The quantitative estimate of drug-likeness (QED) is 0.607. The topological polar surface area (TPSA) is 91.6 Å². The van der Waals surface area contributed by atoms with Crippen molar-refractivity contribution in [1.29, 1.82) is 0 Å². The van der Waals surface area contributed by atoms with Crippen LogP contribution < -0.4 is 9.80 Å². The van der Waals surface area contributed by atoms with Gasteiger partial charge in [-0.2, -0.15) is 13.5 Å². The monoisotopic (exact) mass is 475 g/mol. The van der Waals surface area contributed by atoms with Crippen molar-refractivity contribution >= 4 is 21.7 Å². The third-order valence-electron chi connectivity index (χ3n) is 6.19. The van der Waals surface area contributed by atoms with Crippen LogP contribution >= 0.6 is 0 Å². The average molecular weight is 476 g/mol. The molecule has 5 rings (SSSR count). The lowest BCUT2D eigenvalue weighted by Crippen LogP contribution is -2.28. The highest BCUT2D eigenvalue weighted by Gasteiger charge is 2.33. The van der Waals surface area contributed by atoms with Gasteiger partial charge in [0.25, 0.3) is 10.0 Å². The van der Waals surface area contributed by atoms with Crippen LogP contribution in [0.3, 0.4) is 0 Å². The van der Waals surface area contributed by atoms with Crippen LogP contribution in [-0.4, -0.2) is 53.4 Å². The zero-order chi connectivity index (χ0) is 23.2. The van der Waals surface area contributed by atoms with Gasteiger partial charge in [0, 0.05) is 37.5 Å². The van der Waals surface area contributed by atoms with E-state index in [-0.39, 0.29) is 16.3 Å². The minimum atomic E-state index is -4.07. The van der Waals surface area contributed by atoms with Crippen LogP contribution in [0.25, 0.3) is 0 Å². The van der Waals surface area contributed by atoms with Crippen LogP contribution in [0.5, 0.6) is 0 Å². The second-order valence-corrected chi connectivity index (χ2v) is 10.1. The Balaban J connectivity index is 1.46. The fourth-order valence-electron chi connectivity index (χ4n) is 4.57. The number of aliphatic hydroxyl groups excluding tert-OH is 1. The van der Waals surface area contributed by atoms with E-state index in [0.717, 1.165) is 22.3 Å². The van der Waals surface area contributed by atoms with Crippen molar-refractivity contribution in [1.82, 2.24) is 14.2 Å². The molecule has 33 heavy (non-hydrogen) atoms. The second kappa shape index (κ2) is 8.38. The van der Waals surface area contributed by atoms with E-state index in [1.807, 2.05) is 4.90 Å². The number of β-amino-alcohol motifs (C(OH)–C–C–N with tert-alkyl or cyclic N) is 1. The number of nitrogens with zero attached hydrogens (tertiary/aromatic N) is 5. The van der Waals surface area contributed by atoms with Crippen molar-refractivity contribution in [2.75, 3.05) is 29.4 Å². The highest BCUT2D eigenvalue weighted by atomic mass is 32.2. The summed E-state index contributed by atoms with van der Waals surface area (Å²) in [6.45, 7) is 1.59. The standard InChI is InChI=1S/C22H23F2N5O3S/c23-15-3-5-19(24)18(12-15)20-2-1-10-28(20)22-7-9-26-29(22)33(31,32)17-4-6-21(25-13-17)27-11-8-16(30)14-27/h3-7,9,12-13,16,20,30H,1-2,8,10-11,14H2/t16-,20+/m0/s1. The molecule has 4 heterocycles. The summed E-state index contributed by atoms with van der Waals surface area (Å²) < 4.78 is 55.9. The number of aliphatic hydroxyl groups is 1. The molecule has 0 bridgehead atoms. The van der Waals surface area contributed by atoms with E-state index in [2.05, 4.69) is 10.1 Å². The van der Waals surface area contributed by atoms with Gasteiger partial charge in [0.1, 0.15) is 28.2 Å². The van der Waals surface area contributed by atoms with Gasteiger partial charge >= 0.3 is 0 Å². The third kappa shape index (κ3) is 3.95. The molecule has 11 heteroatoms. The number of hydrogen-bond acceptors (Lipinski definition) is 7. The summed E-state index contributed by atoms with van der Waals surface area (Å²) in [5.74, 6) is -0.203. The van der Waals surface area contributed by atoms with Crippen molar-refractivity contribution < 1.29 is 22.3 Å². The lowest BCUT2D eigenvalue weighted by Gasteiger charge is -2.27. The van der Waals surface area contributed by atoms with Gasteiger partial charge in [0.05, 0.1) is 18.3 Å². The zero-order valence-corrected chi connectivity index (χ0v) is 18.5. The van der Waals surface area contributed by atoms with E-state index in [9.17, 15) is 22.3 Å². The fourth-order valence-corrected chi connectivity index (χ4v) is 5.79. The molecule has 2 aliphatic heterocycles. The molecule has 2 saturated heterocycles. The number of benzene rings is 1. The number of aromatic nitrogens is 3. The lowest BCUT2D eigenvalue weighted by molar-refractivity contribution is 0.198. The van der Waals surface area contributed by atoms with E-state index in [4.69, 9.17) is 0 Å². The Bertz CT molecular complexity index is 1270. The number of anilines is 2. The minimum Gasteiger partial charge on any atom is -0.391 e. The van der Waals surface area contributed by atoms with Crippen molar-refractivity contribution in [2.24, 2.45) is 0 Å². The first kappa shape index (κ1) is 21.8. The van der Waals surface area contributed by atoms with Crippen molar-refractivity contribution in [3.8, 4) is 0 Å². The van der Waals surface area contributed by atoms with E-state index < -0.39 is 33.8 Å². The molecule has 2 atom stereocenters. The summed E-state index contributed by atoms with van der Waals surface area (Å²) >= 11 is 0. The van der Waals surface area contributed by atoms with Crippen LogP contribution in [0.15, 0.2) is 53.7 Å². The molecule has 1 aromatic carbocycles. The highest BCUT2D eigenvalue weighted by Crippen LogP contribution is 2.38. The summed E-state index contributed by atoms with van der Waals surface area (Å²) in [6.07, 6.45) is 4.12. The molecule has 0 radical (unpaired) electrons. The average Bonchev–Trinajstić information content (AvgIpc) is 3.55. The summed E-state index contributed by atoms with van der Waals surface area (Å²) in [5.41, 5.74) is 0.191. The van der Waals surface area contributed by atoms with Crippen LogP contribution in [-0.2, 0) is 10.0 Å². The summed E-state index contributed by atoms with van der Waals surface area (Å²) in [7, 11) is -4.07. The van der Waals surface area contributed by atoms with Crippen molar-refractivity contribution in [3.63, 3.8) is 0 Å². The molecule has 0 unspecified atom stereocenters. The Morgan fingerprint density at radius 3 is 2.64 bits per heavy atom. The van der Waals surface area contributed by atoms with E-state index in [0.29, 0.717) is 44.7 Å². The molecule has 0 saturated carbocycles. The Labute approximate surface area is 190 Å². The maximum Gasteiger partial charge on any atom is 0.286 e. The molecule has 8 nitrogen and oxygen atoms in total. The maximum absolute atomic E-state index is 14.5. The number of halogens is 2. The minimum absolute atomic E-state index is 0.0383. The van der Waals surface area contributed by atoms with Gasteiger partial charge < -0.3 is 14.9 Å². The zero-order valence-electron chi connectivity index (χ0n) is 17.7. The largest absolute Gasteiger partial charge is 0.391 e. The Morgan fingerprint density at radius 1 is 1.06 bits per heavy atom. The molecular weight excluding hydrogens is 452 g/mol. The predicted molar refractivity (Wildman–Crippen MR) is 118 cm³/mol. The summed E-state index contributed by atoms with van der Waals surface area (Å²) in [6, 6.07) is 7.42. The maximum atomic E-state index is 14.5. The third-order valence-corrected chi connectivity index (χ3v) is 7.76. The molecule has 1 N–H and O–H groups in total. The van der Waals surface area contributed by atoms with Gasteiger partial charge in [-0.25, -0.2) is 13.8 Å². The molecule has 2 fully saturated rings. The molecule has 2 aliphatic rings. The molecule has 0 aliphatic carbocycles. The van der Waals surface area contributed by atoms with Crippen LogP contribution in [0.1, 0.15) is 30.9 Å². The lowest BCUT2D eigenvalue weighted by atomic mass is 10.0. The molecule has 0 spiro atoms.